The number of amides is 2. The SMILES string of the molecule is COC(=O)c1cccc(C[C@@H]2CCN(C(=O)OC(C)(C)C)C2=O)c1. The summed E-state index contributed by atoms with van der Waals surface area (Å²) < 4.78 is 9.96. The van der Waals surface area contributed by atoms with Crippen LogP contribution in [0.15, 0.2) is 24.3 Å². The van der Waals surface area contributed by atoms with E-state index in [4.69, 9.17) is 9.47 Å². The number of ether oxygens (including phenoxy) is 2. The van der Waals surface area contributed by atoms with Gasteiger partial charge in [0.1, 0.15) is 5.60 Å². The molecule has 2 rings (SSSR count). The van der Waals surface area contributed by atoms with E-state index in [2.05, 4.69) is 0 Å². The van der Waals surface area contributed by atoms with Crippen molar-refractivity contribution in [2.24, 2.45) is 5.92 Å². The highest BCUT2D eigenvalue weighted by Crippen LogP contribution is 2.24. The van der Waals surface area contributed by atoms with E-state index in [1.807, 2.05) is 6.07 Å². The maximum Gasteiger partial charge on any atom is 0.417 e. The second-order valence-electron chi connectivity index (χ2n) is 6.85. The zero-order valence-electron chi connectivity index (χ0n) is 14.5. The van der Waals surface area contributed by atoms with E-state index in [1.165, 1.54) is 12.0 Å². The van der Waals surface area contributed by atoms with Crippen LogP contribution in [0.4, 0.5) is 4.79 Å². The third-order valence-electron chi connectivity index (χ3n) is 3.76. The van der Waals surface area contributed by atoms with Crippen LogP contribution < -0.4 is 0 Å². The molecule has 0 spiro atoms. The van der Waals surface area contributed by atoms with Gasteiger partial charge in [-0.05, 0) is 51.3 Å². The quantitative estimate of drug-likeness (QED) is 0.795. The van der Waals surface area contributed by atoms with Crippen LogP contribution >= 0.6 is 0 Å². The van der Waals surface area contributed by atoms with Gasteiger partial charge < -0.3 is 9.47 Å². The third-order valence-corrected chi connectivity index (χ3v) is 3.76. The van der Waals surface area contributed by atoms with Crippen molar-refractivity contribution in [2.75, 3.05) is 13.7 Å². The number of hydrogen-bond donors (Lipinski definition) is 0. The molecule has 0 N–H and O–H groups in total. The molecule has 0 aromatic heterocycles. The Morgan fingerprint density at radius 2 is 2.00 bits per heavy atom. The molecule has 1 atom stereocenters. The zero-order valence-corrected chi connectivity index (χ0v) is 14.5. The largest absolute Gasteiger partial charge is 0.465 e. The molecule has 0 saturated carbocycles. The predicted octanol–water partition coefficient (Wildman–Crippen LogP) is 2.80. The molecule has 0 aliphatic carbocycles. The smallest absolute Gasteiger partial charge is 0.417 e. The van der Waals surface area contributed by atoms with Crippen molar-refractivity contribution in [2.45, 2.75) is 39.2 Å². The molecular formula is C18H23NO5. The summed E-state index contributed by atoms with van der Waals surface area (Å²) in [5.74, 6) is -0.928. The Morgan fingerprint density at radius 1 is 1.29 bits per heavy atom. The predicted molar refractivity (Wildman–Crippen MR) is 87.5 cm³/mol. The fraction of sp³-hybridized carbons (Fsp3) is 0.500. The summed E-state index contributed by atoms with van der Waals surface area (Å²) in [7, 11) is 1.33. The molecule has 0 unspecified atom stereocenters. The molecule has 1 aliphatic heterocycles. The van der Waals surface area contributed by atoms with Gasteiger partial charge >= 0.3 is 12.1 Å². The number of hydrogen-bond acceptors (Lipinski definition) is 5. The molecule has 0 bridgehead atoms. The molecule has 1 fully saturated rings. The summed E-state index contributed by atoms with van der Waals surface area (Å²) in [6, 6.07) is 7.00. The fourth-order valence-corrected chi connectivity index (χ4v) is 2.65. The monoisotopic (exact) mass is 333 g/mol. The third kappa shape index (κ3) is 4.34. The van der Waals surface area contributed by atoms with Crippen LogP contribution in [0.1, 0.15) is 43.1 Å². The minimum atomic E-state index is -0.635. The number of rotatable bonds is 3. The van der Waals surface area contributed by atoms with Crippen LogP contribution in [0.25, 0.3) is 0 Å². The Labute approximate surface area is 141 Å². The van der Waals surface area contributed by atoms with Crippen LogP contribution in [-0.2, 0) is 20.7 Å². The van der Waals surface area contributed by atoms with Crippen molar-refractivity contribution in [3.8, 4) is 0 Å². The summed E-state index contributed by atoms with van der Waals surface area (Å²) in [5.41, 5.74) is 0.677. The summed E-state index contributed by atoms with van der Waals surface area (Å²) in [6.07, 6.45) is 0.460. The number of methoxy groups -OCH3 is 1. The number of esters is 1. The lowest BCUT2D eigenvalue weighted by Crippen LogP contribution is -2.38. The van der Waals surface area contributed by atoms with Crippen LogP contribution in [0.2, 0.25) is 0 Å². The highest BCUT2D eigenvalue weighted by atomic mass is 16.6. The van der Waals surface area contributed by atoms with E-state index in [-0.39, 0.29) is 11.8 Å². The van der Waals surface area contributed by atoms with Gasteiger partial charge in [0.25, 0.3) is 0 Å². The number of imide groups is 1. The maximum absolute atomic E-state index is 12.4. The minimum Gasteiger partial charge on any atom is -0.465 e. The normalized spacial score (nSPS) is 17.8. The van der Waals surface area contributed by atoms with Crippen LogP contribution in [0.5, 0.6) is 0 Å². The summed E-state index contributed by atoms with van der Waals surface area (Å²) in [5, 5.41) is 0. The van der Waals surface area contributed by atoms with Crippen LogP contribution in [0, 0.1) is 5.92 Å². The molecule has 24 heavy (non-hydrogen) atoms. The van der Waals surface area contributed by atoms with Crippen LogP contribution in [-0.4, -0.2) is 42.1 Å². The number of carbonyl (C=O) groups excluding carboxylic acids is 3. The van der Waals surface area contributed by atoms with E-state index in [0.29, 0.717) is 24.9 Å². The molecule has 1 aromatic carbocycles. The highest BCUT2D eigenvalue weighted by molar-refractivity contribution is 5.95. The molecule has 1 aliphatic rings. The van der Waals surface area contributed by atoms with Gasteiger partial charge in [-0.15, -0.1) is 0 Å². The van der Waals surface area contributed by atoms with Crippen molar-refractivity contribution in [1.82, 2.24) is 4.90 Å². The van der Waals surface area contributed by atoms with Crippen molar-refractivity contribution >= 4 is 18.0 Å². The summed E-state index contributed by atoms with van der Waals surface area (Å²) in [4.78, 5) is 37.3. The molecule has 6 nitrogen and oxygen atoms in total. The Bertz CT molecular complexity index is 647. The van der Waals surface area contributed by atoms with Gasteiger partial charge in [-0.25, -0.2) is 14.5 Å². The lowest BCUT2D eigenvalue weighted by molar-refractivity contribution is -0.130. The van der Waals surface area contributed by atoms with Gasteiger partial charge in [-0.1, -0.05) is 12.1 Å². The maximum atomic E-state index is 12.4. The Morgan fingerprint density at radius 3 is 2.62 bits per heavy atom. The van der Waals surface area contributed by atoms with Crippen LogP contribution in [0.3, 0.4) is 0 Å². The molecule has 0 radical (unpaired) electrons. The van der Waals surface area contributed by atoms with Crippen molar-refractivity contribution in [3.63, 3.8) is 0 Å². The fourth-order valence-electron chi connectivity index (χ4n) is 2.65. The first kappa shape index (κ1) is 18.0. The van der Waals surface area contributed by atoms with Gasteiger partial charge in [0.05, 0.1) is 12.7 Å². The topological polar surface area (TPSA) is 72.9 Å². The molecule has 6 heteroatoms. The Balaban J connectivity index is 2.04. The first-order valence-corrected chi connectivity index (χ1v) is 7.93. The standard InChI is InChI=1S/C18H23NO5/c1-18(2,3)24-17(22)19-9-8-13(15(19)20)10-12-6-5-7-14(11-12)16(21)23-4/h5-7,11,13H,8-10H2,1-4H3/t13-/m0/s1. The summed E-state index contributed by atoms with van der Waals surface area (Å²) in [6.45, 7) is 5.65. The average molecular weight is 333 g/mol. The van der Waals surface area contributed by atoms with E-state index in [9.17, 15) is 14.4 Å². The van der Waals surface area contributed by atoms with Gasteiger partial charge in [0, 0.05) is 12.5 Å². The van der Waals surface area contributed by atoms with E-state index in [1.54, 1.807) is 39.0 Å². The summed E-state index contributed by atoms with van der Waals surface area (Å²) >= 11 is 0. The number of carbonyl (C=O) groups is 3. The first-order chi connectivity index (χ1) is 11.2. The molecule has 1 saturated heterocycles. The van der Waals surface area contributed by atoms with Gasteiger partial charge in [0.15, 0.2) is 0 Å². The number of likely N-dealkylation sites (tertiary alicyclic amines) is 1. The lowest BCUT2D eigenvalue weighted by Gasteiger charge is -2.23. The zero-order chi connectivity index (χ0) is 17.9. The average Bonchev–Trinajstić information content (AvgIpc) is 2.86. The highest BCUT2D eigenvalue weighted by Gasteiger charge is 2.37. The van der Waals surface area contributed by atoms with E-state index >= 15 is 0 Å². The molecular weight excluding hydrogens is 310 g/mol. The number of benzene rings is 1. The van der Waals surface area contributed by atoms with Crippen molar-refractivity contribution in [3.05, 3.63) is 35.4 Å². The second-order valence-corrected chi connectivity index (χ2v) is 6.85. The Kier molecular flexibility index (Phi) is 5.26. The molecule has 1 aromatic rings. The van der Waals surface area contributed by atoms with E-state index in [0.717, 1.165) is 5.56 Å². The molecule has 130 valence electrons. The second kappa shape index (κ2) is 7.03. The van der Waals surface area contributed by atoms with Gasteiger partial charge in [-0.2, -0.15) is 0 Å². The van der Waals surface area contributed by atoms with Gasteiger partial charge in [0.2, 0.25) is 5.91 Å². The lowest BCUT2D eigenvalue weighted by atomic mass is 9.97. The molecule has 1 heterocycles. The van der Waals surface area contributed by atoms with Crippen molar-refractivity contribution < 1.29 is 23.9 Å². The minimum absolute atomic E-state index is 0.229. The first-order valence-electron chi connectivity index (χ1n) is 7.93. The number of nitrogens with zero attached hydrogens (tertiary/aromatic N) is 1. The Hall–Kier alpha value is -2.37. The van der Waals surface area contributed by atoms with Gasteiger partial charge in [-0.3, -0.25) is 4.79 Å². The van der Waals surface area contributed by atoms with E-state index < -0.39 is 17.7 Å². The molecule has 2 amide bonds. The van der Waals surface area contributed by atoms with Crippen molar-refractivity contribution in [1.29, 1.82) is 0 Å².